The zero-order valence-electron chi connectivity index (χ0n) is 13.6. The van der Waals surface area contributed by atoms with Crippen LogP contribution in [0.1, 0.15) is 26.3 Å². The third kappa shape index (κ3) is 3.05. The molecule has 1 aromatic carbocycles. The molecule has 2 aromatic rings. The molecule has 6 heteroatoms. The van der Waals surface area contributed by atoms with Gasteiger partial charge in [-0.2, -0.15) is 5.26 Å². The van der Waals surface area contributed by atoms with Crippen LogP contribution in [0.2, 0.25) is 5.02 Å². The zero-order valence-corrected chi connectivity index (χ0v) is 14.4. The smallest absolute Gasteiger partial charge is 0.217 e. The first-order valence-electron chi connectivity index (χ1n) is 7.70. The molecule has 23 heavy (non-hydrogen) atoms. The van der Waals surface area contributed by atoms with E-state index in [4.69, 9.17) is 16.9 Å². The first-order valence-corrected chi connectivity index (χ1v) is 8.08. The Bertz CT molecular complexity index is 810. The number of hydrogen-bond acceptors (Lipinski definition) is 4. The first-order chi connectivity index (χ1) is 11.0. The minimum Gasteiger partial charge on any atom is -0.308 e. The van der Waals surface area contributed by atoms with E-state index in [-0.39, 0.29) is 0 Å². The highest BCUT2D eigenvalue weighted by Crippen LogP contribution is 2.31. The van der Waals surface area contributed by atoms with Gasteiger partial charge in [-0.25, -0.2) is 4.98 Å². The number of nitriles is 1. The van der Waals surface area contributed by atoms with Crippen LogP contribution in [-0.2, 0) is 13.1 Å². The molecule has 1 atom stereocenters. The van der Waals surface area contributed by atoms with E-state index >= 15 is 0 Å². The summed E-state index contributed by atoms with van der Waals surface area (Å²) in [5, 5.41) is 12.4. The Balaban J connectivity index is 2.10. The van der Waals surface area contributed by atoms with Gasteiger partial charge in [-0.05, 0) is 38.5 Å². The molecule has 1 aromatic heterocycles. The van der Waals surface area contributed by atoms with Gasteiger partial charge in [0, 0.05) is 30.7 Å². The van der Waals surface area contributed by atoms with Crippen molar-refractivity contribution in [3.63, 3.8) is 0 Å². The maximum absolute atomic E-state index is 8.98. The van der Waals surface area contributed by atoms with Crippen LogP contribution in [0.3, 0.4) is 0 Å². The summed E-state index contributed by atoms with van der Waals surface area (Å²) >= 11 is 6.27. The van der Waals surface area contributed by atoms with E-state index in [9.17, 15) is 0 Å². The quantitative estimate of drug-likeness (QED) is 0.529. The lowest BCUT2D eigenvalue weighted by atomic mass is 10.1. The molecule has 0 bridgehead atoms. The van der Waals surface area contributed by atoms with Gasteiger partial charge in [0.15, 0.2) is 6.19 Å². The van der Waals surface area contributed by atoms with E-state index in [1.54, 1.807) is 0 Å². The second-order valence-corrected chi connectivity index (χ2v) is 6.71. The zero-order chi connectivity index (χ0) is 16.6. The van der Waals surface area contributed by atoms with E-state index in [0.717, 1.165) is 36.2 Å². The average Bonchev–Trinajstić information content (AvgIpc) is 2.72. The van der Waals surface area contributed by atoms with Crippen molar-refractivity contribution in [1.29, 1.82) is 5.26 Å². The molecule has 3 rings (SSSR count). The second kappa shape index (κ2) is 6.23. The van der Waals surface area contributed by atoms with Crippen LogP contribution < -0.4 is 5.32 Å². The number of aromatic nitrogens is 2. The third-order valence-electron chi connectivity index (χ3n) is 4.23. The van der Waals surface area contributed by atoms with Crippen molar-refractivity contribution in [2.75, 3.05) is 11.9 Å². The Morgan fingerprint density at radius 1 is 1.52 bits per heavy atom. The van der Waals surface area contributed by atoms with Gasteiger partial charge >= 0.3 is 0 Å². The Morgan fingerprint density at radius 2 is 2.30 bits per heavy atom. The average molecular weight is 330 g/mol. The van der Waals surface area contributed by atoms with Gasteiger partial charge in [0.1, 0.15) is 0 Å². The first kappa shape index (κ1) is 15.9. The molecule has 1 aliphatic rings. The van der Waals surface area contributed by atoms with Crippen molar-refractivity contribution >= 4 is 28.6 Å². The second-order valence-electron chi connectivity index (χ2n) is 6.28. The van der Waals surface area contributed by atoms with Gasteiger partial charge in [0.05, 0.1) is 11.0 Å². The molecule has 2 heterocycles. The minimum absolute atomic E-state index is 0.327. The summed E-state index contributed by atoms with van der Waals surface area (Å²) in [7, 11) is 0. The summed E-state index contributed by atoms with van der Waals surface area (Å²) in [6, 6.07) is 4.19. The summed E-state index contributed by atoms with van der Waals surface area (Å²) in [4.78, 5) is 6.94. The molecule has 0 spiro atoms. The van der Waals surface area contributed by atoms with Crippen molar-refractivity contribution in [2.45, 2.75) is 39.9 Å². The molecule has 0 unspecified atom stereocenters. The van der Waals surface area contributed by atoms with Gasteiger partial charge in [0.25, 0.3) is 0 Å². The molecule has 0 saturated heterocycles. The predicted molar refractivity (Wildman–Crippen MR) is 93.3 cm³/mol. The lowest BCUT2D eigenvalue weighted by Crippen LogP contribution is -2.34. The Labute approximate surface area is 141 Å². The van der Waals surface area contributed by atoms with Crippen LogP contribution in [0.15, 0.2) is 23.8 Å². The number of imidazole rings is 1. The fourth-order valence-electron chi connectivity index (χ4n) is 3.06. The standard InChI is InChI=1S/C17H20ClN5/c1-11(2)4-5-22-9-13-6-14(18)7-15-16(13)23(8-12(22)3)17(21-15)20-10-19/h4,6-7,12H,5,8-9H2,1-3H3,(H,20,21)/t12-/m0/s1. The number of nitrogens with zero attached hydrogens (tertiary/aromatic N) is 4. The van der Waals surface area contributed by atoms with Crippen molar-refractivity contribution < 1.29 is 0 Å². The Morgan fingerprint density at radius 3 is 3.00 bits per heavy atom. The molecular formula is C17H20ClN5. The summed E-state index contributed by atoms with van der Waals surface area (Å²) in [6.07, 6.45) is 4.22. The highest BCUT2D eigenvalue weighted by atomic mass is 35.5. The van der Waals surface area contributed by atoms with Gasteiger partial charge in [-0.1, -0.05) is 23.3 Å². The highest BCUT2D eigenvalue weighted by Gasteiger charge is 2.25. The van der Waals surface area contributed by atoms with Crippen LogP contribution in [0.5, 0.6) is 0 Å². The van der Waals surface area contributed by atoms with Crippen LogP contribution >= 0.6 is 11.6 Å². The van der Waals surface area contributed by atoms with Crippen molar-refractivity contribution in [3.8, 4) is 6.19 Å². The number of anilines is 1. The third-order valence-corrected chi connectivity index (χ3v) is 4.45. The summed E-state index contributed by atoms with van der Waals surface area (Å²) in [5.74, 6) is 0.585. The number of nitrogens with one attached hydrogen (secondary N) is 1. The molecule has 5 nitrogen and oxygen atoms in total. The van der Waals surface area contributed by atoms with E-state index in [1.165, 1.54) is 5.57 Å². The van der Waals surface area contributed by atoms with Crippen LogP contribution in [0.25, 0.3) is 11.0 Å². The fraction of sp³-hybridized carbons (Fsp3) is 0.412. The fourth-order valence-corrected chi connectivity index (χ4v) is 3.29. The van der Waals surface area contributed by atoms with Crippen molar-refractivity contribution in [3.05, 3.63) is 34.4 Å². The molecule has 0 amide bonds. The van der Waals surface area contributed by atoms with Gasteiger partial charge in [-0.15, -0.1) is 0 Å². The lowest BCUT2D eigenvalue weighted by molar-refractivity contribution is 0.211. The maximum Gasteiger partial charge on any atom is 0.217 e. The van der Waals surface area contributed by atoms with Crippen LogP contribution in [0.4, 0.5) is 5.95 Å². The maximum atomic E-state index is 8.98. The monoisotopic (exact) mass is 329 g/mol. The molecule has 0 radical (unpaired) electrons. The van der Waals surface area contributed by atoms with Crippen molar-refractivity contribution in [1.82, 2.24) is 14.5 Å². The predicted octanol–water partition coefficient (Wildman–Crippen LogP) is 3.75. The largest absolute Gasteiger partial charge is 0.308 e. The topological polar surface area (TPSA) is 56.9 Å². The molecule has 1 aliphatic heterocycles. The van der Waals surface area contributed by atoms with Crippen molar-refractivity contribution in [2.24, 2.45) is 0 Å². The summed E-state index contributed by atoms with van der Waals surface area (Å²) in [5.41, 5.74) is 4.36. The van der Waals surface area contributed by atoms with E-state index in [1.807, 2.05) is 18.3 Å². The number of hydrogen-bond donors (Lipinski definition) is 1. The molecule has 1 N–H and O–H groups in total. The van der Waals surface area contributed by atoms with Gasteiger partial charge < -0.3 is 4.57 Å². The molecule has 0 saturated carbocycles. The SMILES string of the molecule is CC(C)=CCN1Cc2cc(Cl)cc3nc(NC#N)n(c23)C[C@@H]1C. The van der Waals surface area contributed by atoms with Gasteiger partial charge in [0.2, 0.25) is 5.95 Å². The number of benzene rings is 1. The summed E-state index contributed by atoms with van der Waals surface area (Å²) < 4.78 is 2.09. The van der Waals surface area contributed by atoms with Crippen LogP contribution in [0, 0.1) is 11.5 Å². The Hall–Kier alpha value is -2.03. The minimum atomic E-state index is 0.327. The number of allylic oxidation sites excluding steroid dienone is 1. The number of halogens is 1. The van der Waals surface area contributed by atoms with E-state index in [2.05, 4.69) is 46.6 Å². The van der Waals surface area contributed by atoms with E-state index in [0.29, 0.717) is 17.0 Å². The number of rotatable bonds is 3. The van der Waals surface area contributed by atoms with Crippen LogP contribution in [-0.4, -0.2) is 27.0 Å². The molecule has 0 aliphatic carbocycles. The van der Waals surface area contributed by atoms with E-state index < -0.39 is 0 Å². The van der Waals surface area contributed by atoms with Gasteiger partial charge in [-0.3, -0.25) is 10.2 Å². The lowest BCUT2D eigenvalue weighted by Gasteiger charge is -2.26. The normalized spacial score (nSPS) is 17.6. The molecule has 0 fully saturated rings. The molecular weight excluding hydrogens is 310 g/mol. The molecule has 120 valence electrons. The summed E-state index contributed by atoms with van der Waals surface area (Å²) in [6.45, 7) is 8.93. The Kier molecular flexibility index (Phi) is 4.29. The highest BCUT2D eigenvalue weighted by molar-refractivity contribution is 6.31.